The number of hydrazone groups is 1. The lowest BCUT2D eigenvalue weighted by Crippen LogP contribution is -2.49. The highest BCUT2D eigenvalue weighted by molar-refractivity contribution is 7.86. The van der Waals surface area contributed by atoms with Crippen molar-refractivity contribution in [1.82, 2.24) is 10.7 Å². The van der Waals surface area contributed by atoms with Crippen LogP contribution in [0.15, 0.2) is 74.1 Å². The molecule has 50 heavy (non-hydrogen) atoms. The van der Waals surface area contributed by atoms with Gasteiger partial charge in [-0.1, -0.05) is 6.07 Å². The Morgan fingerprint density at radius 3 is 2.16 bits per heavy atom. The Labute approximate surface area is 280 Å². The number of carbonyl (C=O) groups is 3. The molecule has 264 valence electrons. The van der Waals surface area contributed by atoms with Crippen LogP contribution in [0.5, 0.6) is 0 Å². The number of rotatable bonds is 11. The van der Waals surface area contributed by atoms with E-state index in [9.17, 15) is 58.4 Å². The number of aromatic carboxylic acids is 1. The smallest absolute Gasteiger partial charge is 0.336 e. The molecule has 2 aliphatic rings. The van der Waals surface area contributed by atoms with E-state index in [0.29, 0.717) is 6.26 Å². The van der Waals surface area contributed by atoms with Gasteiger partial charge in [-0.3, -0.25) is 28.7 Å². The first-order valence-corrected chi connectivity index (χ1v) is 17.7. The first-order valence-electron chi connectivity index (χ1n) is 13.2. The van der Waals surface area contributed by atoms with E-state index in [2.05, 4.69) is 5.10 Å². The molecule has 0 spiro atoms. The third-order valence-corrected chi connectivity index (χ3v) is 9.33. The van der Waals surface area contributed by atoms with E-state index < -0.39 is 103 Å². The topological polar surface area (TPSA) is 354 Å². The zero-order valence-electron chi connectivity index (χ0n) is 24.6. The number of carboxylic acid groups (broad SMARTS) is 1. The number of hydrogen-bond donors (Lipinski definition) is 9. The molecule has 2 aromatic carbocycles. The fourth-order valence-electron chi connectivity index (χ4n) is 4.77. The Morgan fingerprint density at radius 2 is 1.58 bits per heavy atom. The summed E-state index contributed by atoms with van der Waals surface area (Å²) >= 11 is 0. The maximum Gasteiger partial charge on any atom is 0.336 e. The second kappa shape index (κ2) is 13.7. The zero-order chi connectivity index (χ0) is 37.3. The molecule has 2 aromatic rings. The highest BCUT2D eigenvalue weighted by Gasteiger charge is 2.32. The molecule has 0 saturated carbocycles. The van der Waals surface area contributed by atoms with Gasteiger partial charge in [0, 0.05) is 22.1 Å². The minimum absolute atomic E-state index is 0.278. The van der Waals surface area contributed by atoms with Crippen molar-refractivity contribution in [2.75, 3.05) is 11.5 Å². The van der Waals surface area contributed by atoms with Crippen molar-refractivity contribution in [1.29, 1.82) is 5.41 Å². The molecule has 0 bridgehead atoms. The van der Waals surface area contributed by atoms with Crippen LogP contribution >= 0.6 is 0 Å². The van der Waals surface area contributed by atoms with Gasteiger partial charge >= 0.3 is 5.97 Å². The average Bonchev–Trinajstić information content (AvgIpc) is 2.99. The highest BCUT2D eigenvalue weighted by atomic mass is 32.2. The van der Waals surface area contributed by atoms with Gasteiger partial charge < -0.3 is 25.7 Å². The van der Waals surface area contributed by atoms with Crippen molar-refractivity contribution < 1.29 is 67.9 Å². The van der Waals surface area contributed by atoms with Gasteiger partial charge in [-0.05, 0) is 48.0 Å². The largest absolute Gasteiger partial charge is 0.516 e. The minimum atomic E-state index is -5.28. The zero-order valence-corrected chi connectivity index (χ0v) is 27.1. The number of nitrogens with two attached hydrogens (primary N) is 1. The second-order valence-electron chi connectivity index (χ2n) is 10.0. The van der Waals surface area contributed by atoms with Crippen LogP contribution in [0.4, 0.5) is 5.69 Å². The first kappa shape index (κ1) is 37.1. The third kappa shape index (κ3) is 7.77. The van der Waals surface area contributed by atoms with Gasteiger partial charge in [-0.25, -0.2) is 10.2 Å². The molecule has 23 heteroatoms. The van der Waals surface area contributed by atoms with Gasteiger partial charge in [-0.2, -0.15) is 30.4 Å². The molecule has 1 atom stereocenters. The fraction of sp³-hybridized carbons (Fsp3) is 0.0741. The van der Waals surface area contributed by atoms with E-state index in [4.69, 9.17) is 20.7 Å². The number of fused-ring (bicyclic) bond motifs is 2. The molecule has 1 unspecified atom stereocenters. The molecule has 2 amide bonds. The fourth-order valence-corrected chi connectivity index (χ4v) is 6.91. The number of anilines is 1. The molecule has 0 aromatic heterocycles. The van der Waals surface area contributed by atoms with Gasteiger partial charge in [-0.15, -0.1) is 0 Å². The summed E-state index contributed by atoms with van der Waals surface area (Å²) in [6.07, 6.45) is 2.39. The summed E-state index contributed by atoms with van der Waals surface area (Å²) < 4.78 is 107. The van der Waals surface area contributed by atoms with Crippen molar-refractivity contribution in [3.8, 4) is 22.5 Å². The molecular formula is C27H23N5O15S3. The quantitative estimate of drug-likeness (QED) is 0.0253. The van der Waals surface area contributed by atoms with Crippen molar-refractivity contribution in [3.05, 3.63) is 71.3 Å². The second-order valence-corrected chi connectivity index (χ2v) is 14.3. The number of nitrogens with one attached hydrogen (secondary N) is 3. The maximum absolute atomic E-state index is 13.2. The molecular weight excluding hydrogens is 731 g/mol. The molecule has 0 fully saturated rings. The van der Waals surface area contributed by atoms with Crippen LogP contribution in [0, 0.1) is 5.41 Å². The van der Waals surface area contributed by atoms with Crippen molar-refractivity contribution in [3.63, 3.8) is 0 Å². The number of hydrogen-bond acceptors (Lipinski definition) is 14. The van der Waals surface area contributed by atoms with Gasteiger partial charge in [0.25, 0.3) is 42.2 Å². The Morgan fingerprint density at radius 1 is 0.940 bits per heavy atom. The standard InChI is InChI=1S/C27H23N5O15S3/c28-17-6-4-14-20(15-5-7-18(29)24(50(44,45)46)22(15)47-21(14)23(17)49(41,42)43)13-3-2-12(10-16(13)27(36)37)25(34)31-19(11-48(38,39)40)26(35)32-30-8-1-9-33/h1-10,19,28,33H,11,29H2,(H,31,34)(H,32,35)(H,36,37)(H,38,39,40)(H,41,42,43)(H,44,45,46)/b9-1+,28-17?,30-8+. The summed E-state index contributed by atoms with van der Waals surface area (Å²) in [6, 6.07) is 4.89. The van der Waals surface area contributed by atoms with Gasteiger partial charge in [0.15, 0.2) is 21.1 Å². The number of carboxylic acids is 1. The van der Waals surface area contributed by atoms with Crippen LogP contribution in [0.2, 0.25) is 0 Å². The van der Waals surface area contributed by atoms with Gasteiger partial charge in [0.05, 0.1) is 29.1 Å². The van der Waals surface area contributed by atoms with Crippen molar-refractivity contribution in [2.45, 2.75) is 15.8 Å². The summed E-state index contributed by atoms with van der Waals surface area (Å²) in [5.74, 6) is -6.41. The van der Waals surface area contributed by atoms with Crippen molar-refractivity contribution in [2.24, 2.45) is 5.10 Å². The van der Waals surface area contributed by atoms with E-state index in [1.165, 1.54) is 0 Å². The van der Waals surface area contributed by atoms with Crippen LogP contribution in [-0.2, 0) is 35.1 Å². The summed E-state index contributed by atoms with van der Waals surface area (Å²) in [7, 11) is -15.4. The summed E-state index contributed by atoms with van der Waals surface area (Å²) in [4.78, 5) is 36.1. The summed E-state index contributed by atoms with van der Waals surface area (Å²) in [5.41, 5.74) is 4.09. The lowest BCUT2D eigenvalue weighted by Gasteiger charge is -2.20. The van der Waals surface area contributed by atoms with E-state index in [-0.39, 0.29) is 22.1 Å². The number of carbonyl (C=O) groups excluding carboxylic acids is 2. The Kier molecular flexibility index (Phi) is 10.1. The predicted octanol–water partition coefficient (Wildman–Crippen LogP) is 0.618. The summed E-state index contributed by atoms with van der Waals surface area (Å²) in [5, 5.41) is 31.2. The highest BCUT2D eigenvalue weighted by Crippen LogP contribution is 2.45. The van der Waals surface area contributed by atoms with Gasteiger partial charge in [0.2, 0.25) is 0 Å². The maximum atomic E-state index is 13.2. The monoisotopic (exact) mass is 753 g/mol. The number of aliphatic hydroxyl groups is 1. The molecule has 1 aliphatic heterocycles. The lowest BCUT2D eigenvalue weighted by atomic mass is 9.89. The summed E-state index contributed by atoms with van der Waals surface area (Å²) in [6.45, 7) is 0. The lowest BCUT2D eigenvalue weighted by molar-refractivity contribution is -0.122. The van der Waals surface area contributed by atoms with E-state index in [1.54, 1.807) is 0 Å². The SMILES string of the molecule is N=c1ccc2c(-c3ccc(C(=O)NC(CS(=O)(=O)O)C(=O)N/N=C/C=C/O)cc3C(=O)O)c3ccc(N)c(S(=O)(=O)O)c3oc-2c1S(=O)(=O)O. The Hall–Kier alpha value is -5.72. The van der Waals surface area contributed by atoms with Crippen LogP contribution in [0.25, 0.3) is 33.4 Å². The number of benzene rings is 3. The van der Waals surface area contributed by atoms with Crippen LogP contribution in [0.1, 0.15) is 20.7 Å². The van der Waals surface area contributed by atoms with E-state index in [0.717, 1.165) is 54.8 Å². The minimum Gasteiger partial charge on any atom is -0.516 e. The molecule has 0 radical (unpaired) electrons. The number of amides is 2. The predicted molar refractivity (Wildman–Crippen MR) is 171 cm³/mol. The first-order chi connectivity index (χ1) is 23.2. The van der Waals surface area contributed by atoms with Crippen molar-refractivity contribution >= 4 is 71.0 Å². The Bertz CT molecular complexity index is 2510. The number of aliphatic hydroxyl groups excluding tert-OH is 1. The number of allylic oxidation sites excluding steroid dienone is 1. The van der Waals surface area contributed by atoms with E-state index in [1.807, 2.05) is 10.7 Å². The molecule has 10 N–H and O–H groups in total. The third-order valence-electron chi connectivity index (χ3n) is 6.72. The van der Waals surface area contributed by atoms with Crippen LogP contribution < -0.4 is 21.8 Å². The molecule has 1 heterocycles. The van der Waals surface area contributed by atoms with Gasteiger partial charge in [0.1, 0.15) is 11.8 Å². The molecule has 20 nitrogen and oxygen atoms in total. The average molecular weight is 754 g/mol. The number of nitrogens with zero attached hydrogens (tertiary/aromatic N) is 1. The van der Waals surface area contributed by atoms with Crippen LogP contribution in [-0.4, -0.2) is 84.9 Å². The number of nitrogen functional groups attached to an aromatic ring is 1. The normalized spacial score (nSPS) is 13.2. The van der Waals surface area contributed by atoms with Crippen LogP contribution in [0.3, 0.4) is 0 Å². The molecule has 4 rings (SSSR count). The molecule has 0 saturated heterocycles. The van der Waals surface area contributed by atoms with E-state index >= 15 is 0 Å². The Balaban J connectivity index is 1.99. The molecule has 1 aliphatic carbocycles.